The molecule has 1 atom stereocenters. The van der Waals surface area contributed by atoms with Gasteiger partial charge in [-0.15, -0.1) is 0 Å². The molecule has 0 aromatic carbocycles. The number of rotatable bonds is 8. The zero-order valence-corrected chi connectivity index (χ0v) is 10.4. The highest BCUT2D eigenvalue weighted by molar-refractivity contribution is 4.61. The molecule has 0 spiro atoms. The highest BCUT2D eigenvalue weighted by Crippen LogP contribution is 2.19. The Morgan fingerprint density at radius 1 is 0.857 bits per heavy atom. The van der Waals surface area contributed by atoms with Crippen molar-refractivity contribution < 1.29 is 5.11 Å². The predicted octanol–water partition coefficient (Wildman–Crippen LogP) is 3.86. The Balaban J connectivity index is 3.33. The quantitative estimate of drug-likeness (QED) is 0.590. The molecule has 14 heavy (non-hydrogen) atoms. The lowest BCUT2D eigenvalue weighted by Crippen LogP contribution is -2.13. The zero-order valence-electron chi connectivity index (χ0n) is 10.4. The third-order valence-corrected chi connectivity index (χ3v) is 3.03. The molecule has 0 heterocycles. The number of aliphatic hydroxyl groups is 1. The van der Waals surface area contributed by atoms with Gasteiger partial charge in [0.05, 0.1) is 0 Å². The fraction of sp³-hybridized carbons (Fsp3) is 1.00. The molecule has 1 unspecified atom stereocenters. The largest absolute Gasteiger partial charge is 0.396 e. The number of aliphatic hydroxyl groups excluding tert-OH is 1. The summed E-state index contributed by atoms with van der Waals surface area (Å²) in [6, 6.07) is 0. The lowest BCUT2D eigenvalue weighted by atomic mass is 9.91. The molecule has 86 valence electrons. The van der Waals surface area contributed by atoms with Crippen LogP contribution >= 0.6 is 0 Å². The Morgan fingerprint density at radius 2 is 1.43 bits per heavy atom. The van der Waals surface area contributed by atoms with Gasteiger partial charge in [0.2, 0.25) is 0 Å². The van der Waals surface area contributed by atoms with E-state index in [-0.39, 0.29) is 0 Å². The van der Waals surface area contributed by atoms with Crippen LogP contribution in [0.5, 0.6) is 0 Å². The standard InChI is InChI=1S/C13H28O/c1-11(2)8-6-5-7-9-13(10-14)12(3)4/h11-14H,5-10H2,1-4H3. The second kappa shape index (κ2) is 8.28. The van der Waals surface area contributed by atoms with Crippen LogP contribution in [0.15, 0.2) is 0 Å². The first kappa shape index (κ1) is 14.0. The predicted molar refractivity (Wildman–Crippen MR) is 63.3 cm³/mol. The van der Waals surface area contributed by atoms with E-state index in [0.29, 0.717) is 18.4 Å². The fourth-order valence-corrected chi connectivity index (χ4v) is 1.77. The molecule has 0 bridgehead atoms. The van der Waals surface area contributed by atoms with E-state index in [1.807, 2.05) is 0 Å². The van der Waals surface area contributed by atoms with E-state index < -0.39 is 0 Å². The van der Waals surface area contributed by atoms with Gasteiger partial charge < -0.3 is 5.11 Å². The summed E-state index contributed by atoms with van der Waals surface area (Å²) in [4.78, 5) is 0. The van der Waals surface area contributed by atoms with Crippen LogP contribution in [0.1, 0.15) is 59.8 Å². The summed E-state index contributed by atoms with van der Waals surface area (Å²) in [7, 11) is 0. The number of unbranched alkanes of at least 4 members (excludes halogenated alkanes) is 2. The Bertz CT molecular complexity index is 118. The summed E-state index contributed by atoms with van der Waals surface area (Å²) in [5, 5.41) is 9.14. The van der Waals surface area contributed by atoms with Gasteiger partial charge in [0.15, 0.2) is 0 Å². The molecule has 0 aromatic heterocycles. The van der Waals surface area contributed by atoms with E-state index in [9.17, 15) is 0 Å². The van der Waals surface area contributed by atoms with Gasteiger partial charge in [-0.2, -0.15) is 0 Å². The minimum absolute atomic E-state index is 0.363. The van der Waals surface area contributed by atoms with Crippen molar-refractivity contribution in [2.75, 3.05) is 6.61 Å². The number of hydrogen-bond donors (Lipinski definition) is 1. The van der Waals surface area contributed by atoms with Crippen molar-refractivity contribution >= 4 is 0 Å². The van der Waals surface area contributed by atoms with Crippen LogP contribution in [0.4, 0.5) is 0 Å². The first-order valence-corrected chi connectivity index (χ1v) is 6.18. The third-order valence-electron chi connectivity index (χ3n) is 3.03. The highest BCUT2D eigenvalue weighted by Gasteiger charge is 2.10. The summed E-state index contributed by atoms with van der Waals surface area (Å²) >= 11 is 0. The van der Waals surface area contributed by atoms with Gasteiger partial charge in [0, 0.05) is 6.61 Å². The molecule has 0 aliphatic carbocycles. The summed E-state index contributed by atoms with van der Waals surface area (Å²) in [5.41, 5.74) is 0. The molecular formula is C13H28O. The van der Waals surface area contributed by atoms with Crippen LogP contribution in [-0.4, -0.2) is 11.7 Å². The fourth-order valence-electron chi connectivity index (χ4n) is 1.77. The lowest BCUT2D eigenvalue weighted by molar-refractivity contribution is 0.178. The van der Waals surface area contributed by atoms with Crippen LogP contribution in [-0.2, 0) is 0 Å². The second-order valence-corrected chi connectivity index (χ2v) is 5.22. The molecule has 0 radical (unpaired) electrons. The highest BCUT2D eigenvalue weighted by atomic mass is 16.3. The second-order valence-electron chi connectivity index (χ2n) is 5.22. The molecule has 1 N–H and O–H groups in total. The van der Waals surface area contributed by atoms with E-state index in [1.54, 1.807) is 0 Å². The molecular weight excluding hydrogens is 172 g/mol. The van der Waals surface area contributed by atoms with Crippen LogP contribution in [0, 0.1) is 17.8 Å². The van der Waals surface area contributed by atoms with Gasteiger partial charge in [0.1, 0.15) is 0 Å². The lowest BCUT2D eigenvalue weighted by Gasteiger charge is -2.17. The van der Waals surface area contributed by atoms with Gasteiger partial charge in [-0.05, 0) is 24.2 Å². The molecule has 0 aromatic rings. The molecule has 0 saturated heterocycles. The summed E-state index contributed by atoms with van der Waals surface area (Å²) in [5.74, 6) is 1.99. The first-order valence-electron chi connectivity index (χ1n) is 6.18. The normalized spacial score (nSPS) is 13.9. The van der Waals surface area contributed by atoms with Gasteiger partial charge in [-0.25, -0.2) is 0 Å². The first-order chi connectivity index (χ1) is 6.57. The Morgan fingerprint density at radius 3 is 1.86 bits per heavy atom. The van der Waals surface area contributed by atoms with E-state index in [4.69, 9.17) is 5.11 Å². The van der Waals surface area contributed by atoms with Gasteiger partial charge in [0.25, 0.3) is 0 Å². The van der Waals surface area contributed by atoms with Crippen LogP contribution in [0.2, 0.25) is 0 Å². The van der Waals surface area contributed by atoms with E-state index >= 15 is 0 Å². The third kappa shape index (κ3) is 7.37. The molecule has 0 saturated carbocycles. The molecule has 0 aliphatic heterocycles. The van der Waals surface area contributed by atoms with E-state index in [1.165, 1.54) is 32.1 Å². The minimum Gasteiger partial charge on any atom is -0.396 e. The van der Waals surface area contributed by atoms with Crippen LogP contribution < -0.4 is 0 Å². The SMILES string of the molecule is CC(C)CCCCCC(CO)C(C)C. The Hall–Kier alpha value is -0.0400. The molecule has 1 nitrogen and oxygen atoms in total. The monoisotopic (exact) mass is 200 g/mol. The number of hydrogen-bond acceptors (Lipinski definition) is 1. The maximum Gasteiger partial charge on any atom is 0.0461 e. The van der Waals surface area contributed by atoms with E-state index in [2.05, 4.69) is 27.7 Å². The van der Waals surface area contributed by atoms with Gasteiger partial charge in [-0.1, -0.05) is 53.4 Å². The Kier molecular flexibility index (Phi) is 8.26. The van der Waals surface area contributed by atoms with Crippen molar-refractivity contribution in [3.8, 4) is 0 Å². The molecule has 0 fully saturated rings. The summed E-state index contributed by atoms with van der Waals surface area (Å²) in [6.45, 7) is 9.33. The van der Waals surface area contributed by atoms with Gasteiger partial charge in [-0.3, -0.25) is 0 Å². The maximum absolute atomic E-state index is 9.14. The maximum atomic E-state index is 9.14. The summed E-state index contributed by atoms with van der Waals surface area (Å²) < 4.78 is 0. The topological polar surface area (TPSA) is 20.2 Å². The smallest absolute Gasteiger partial charge is 0.0461 e. The van der Waals surface area contributed by atoms with Crippen molar-refractivity contribution in [2.24, 2.45) is 17.8 Å². The van der Waals surface area contributed by atoms with Crippen LogP contribution in [0.25, 0.3) is 0 Å². The van der Waals surface area contributed by atoms with Crippen LogP contribution in [0.3, 0.4) is 0 Å². The Labute approximate surface area is 89.9 Å². The minimum atomic E-state index is 0.363. The van der Waals surface area contributed by atoms with E-state index in [0.717, 1.165) is 5.92 Å². The van der Waals surface area contributed by atoms with Crippen molar-refractivity contribution in [1.82, 2.24) is 0 Å². The molecule has 0 rings (SSSR count). The van der Waals surface area contributed by atoms with Gasteiger partial charge >= 0.3 is 0 Å². The average Bonchev–Trinajstić information content (AvgIpc) is 2.10. The van der Waals surface area contributed by atoms with Crippen molar-refractivity contribution in [2.45, 2.75) is 59.8 Å². The molecule has 0 amide bonds. The molecule has 0 aliphatic rings. The summed E-state index contributed by atoms with van der Waals surface area (Å²) in [6.07, 6.45) is 6.53. The molecule has 1 heteroatoms. The van der Waals surface area contributed by atoms with Crippen molar-refractivity contribution in [3.05, 3.63) is 0 Å². The zero-order chi connectivity index (χ0) is 11.0. The average molecular weight is 200 g/mol. The van der Waals surface area contributed by atoms with Crippen molar-refractivity contribution in [3.63, 3.8) is 0 Å². The van der Waals surface area contributed by atoms with Crippen molar-refractivity contribution in [1.29, 1.82) is 0 Å².